The number of ketones is 1. The topological polar surface area (TPSA) is 17.1 Å². The summed E-state index contributed by atoms with van der Waals surface area (Å²) in [6.07, 6.45) is 4.93. The van der Waals surface area contributed by atoms with E-state index in [9.17, 15) is 4.79 Å². The minimum Gasteiger partial charge on any atom is -0.298 e. The summed E-state index contributed by atoms with van der Waals surface area (Å²) >= 11 is 4.15. The summed E-state index contributed by atoms with van der Waals surface area (Å²) in [4.78, 5) is 13.4. The van der Waals surface area contributed by atoms with Crippen molar-refractivity contribution in [3.8, 4) is 0 Å². The Kier molecular flexibility index (Phi) is 4.26. The monoisotopic (exact) mass is 426 g/mol. The highest BCUT2D eigenvalue weighted by Gasteiger charge is 2.65. The van der Waals surface area contributed by atoms with Crippen molar-refractivity contribution in [1.82, 2.24) is 0 Å². The van der Waals surface area contributed by atoms with Gasteiger partial charge in [-0.1, -0.05) is 44.2 Å². The van der Waals surface area contributed by atoms with Crippen LogP contribution in [0.25, 0.3) is 0 Å². The first-order chi connectivity index (χ1) is 10.3. The number of allylic oxidation sites excluding steroid dienone is 1. The molecule has 3 heteroatoms. The Morgan fingerprint density at radius 2 is 2.05 bits per heavy atom. The van der Waals surface area contributed by atoms with Crippen LogP contribution in [0.5, 0.6) is 0 Å². The van der Waals surface area contributed by atoms with Crippen LogP contribution in [0.4, 0.5) is 0 Å². The zero-order valence-corrected chi connectivity index (χ0v) is 16.5. The number of rotatable bonds is 3. The molecule has 0 aromatic heterocycles. The predicted octanol–water partition coefficient (Wildman–Crippen LogP) is 5.13. The maximum absolute atomic E-state index is 13.4. The van der Waals surface area contributed by atoms with Crippen LogP contribution in [-0.2, 0) is 11.2 Å². The molecular weight excluding hydrogens is 403 g/mol. The van der Waals surface area contributed by atoms with Crippen molar-refractivity contribution in [1.29, 1.82) is 0 Å². The Hall–Kier alpha value is -0.290. The van der Waals surface area contributed by atoms with Crippen molar-refractivity contribution in [3.63, 3.8) is 0 Å². The number of hydrogen-bond acceptors (Lipinski definition) is 2. The van der Waals surface area contributed by atoms with Gasteiger partial charge in [0.25, 0.3) is 0 Å². The lowest BCUT2D eigenvalue weighted by Gasteiger charge is -2.42. The molecule has 1 nitrogen and oxygen atoms in total. The molecule has 2 aliphatic rings. The fraction of sp³-hybridized carbons (Fsp3) is 0.526. The van der Waals surface area contributed by atoms with E-state index in [2.05, 4.69) is 73.5 Å². The van der Waals surface area contributed by atoms with Crippen LogP contribution in [0, 0.1) is 20.8 Å². The Morgan fingerprint density at radius 1 is 1.36 bits per heavy atom. The second-order valence-corrected chi connectivity index (χ2v) is 9.53. The SMILES string of the molecule is C=C1CCC2C(=O)C(Cc3ccccc3I)(SC)C1C2(C)C. The molecule has 1 aromatic carbocycles. The third-order valence-corrected chi connectivity index (χ3v) is 8.14. The molecule has 2 fully saturated rings. The average Bonchev–Trinajstić information content (AvgIpc) is 2.55. The summed E-state index contributed by atoms with van der Waals surface area (Å²) in [7, 11) is 0. The molecule has 2 bridgehead atoms. The minimum absolute atomic E-state index is 0.0373. The van der Waals surface area contributed by atoms with Gasteiger partial charge in [0.1, 0.15) is 0 Å². The Balaban J connectivity index is 2.10. The van der Waals surface area contributed by atoms with Crippen LogP contribution in [0.1, 0.15) is 32.3 Å². The molecule has 0 amide bonds. The maximum Gasteiger partial charge on any atom is 0.153 e. The molecule has 22 heavy (non-hydrogen) atoms. The standard InChI is InChI=1S/C19H23IOS/c1-12-9-10-14-17(21)19(22-4,16(12)18(14,2)3)11-13-7-5-6-8-15(13)20/h5-8,14,16H,1,9-11H2,2-4H3. The van der Waals surface area contributed by atoms with E-state index >= 15 is 0 Å². The molecule has 2 aliphatic carbocycles. The number of thioether (sulfide) groups is 1. The van der Waals surface area contributed by atoms with E-state index in [0.29, 0.717) is 5.78 Å². The van der Waals surface area contributed by atoms with E-state index in [1.54, 1.807) is 11.8 Å². The fourth-order valence-corrected chi connectivity index (χ4v) is 6.74. The number of carbonyl (C=O) groups is 1. The van der Waals surface area contributed by atoms with Crippen LogP contribution in [0.15, 0.2) is 36.4 Å². The van der Waals surface area contributed by atoms with Gasteiger partial charge in [0.2, 0.25) is 0 Å². The summed E-state index contributed by atoms with van der Waals surface area (Å²) in [6, 6.07) is 8.45. The van der Waals surface area contributed by atoms with Crippen molar-refractivity contribution in [2.24, 2.45) is 17.3 Å². The third-order valence-electron chi connectivity index (χ3n) is 5.78. The molecule has 0 aliphatic heterocycles. The van der Waals surface area contributed by atoms with Gasteiger partial charge < -0.3 is 0 Å². The van der Waals surface area contributed by atoms with Gasteiger partial charge in [-0.3, -0.25) is 4.79 Å². The molecule has 0 radical (unpaired) electrons. The Bertz CT molecular complexity index is 636. The Morgan fingerprint density at radius 3 is 2.68 bits per heavy atom. The lowest BCUT2D eigenvalue weighted by Crippen LogP contribution is -2.42. The molecule has 0 N–H and O–H groups in total. The first-order valence-corrected chi connectivity index (χ1v) is 10.2. The normalized spacial score (nSPS) is 33.3. The van der Waals surface area contributed by atoms with Crippen molar-refractivity contribution >= 4 is 40.1 Å². The summed E-state index contributed by atoms with van der Waals surface area (Å²) < 4.78 is 0.925. The quantitative estimate of drug-likeness (QED) is 0.493. The molecule has 3 unspecified atom stereocenters. The molecule has 118 valence electrons. The van der Waals surface area contributed by atoms with Gasteiger partial charge in [-0.15, -0.1) is 11.8 Å². The second-order valence-electron chi connectivity index (χ2n) is 7.23. The van der Waals surface area contributed by atoms with Gasteiger partial charge in [-0.25, -0.2) is 0 Å². The highest BCUT2D eigenvalue weighted by atomic mass is 127. The highest BCUT2D eigenvalue weighted by molar-refractivity contribution is 14.1. The van der Waals surface area contributed by atoms with Gasteiger partial charge in [-0.2, -0.15) is 0 Å². The number of hydrogen-bond donors (Lipinski definition) is 0. The lowest BCUT2D eigenvalue weighted by atomic mass is 9.64. The maximum atomic E-state index is 13.4. The van der Waals surface area contributed by atoms with Crippen molar-refractivity contribution in [2.75, 3.05) is 6.26 Å². The van der Waals surface area contributed by atoms with Crippen LogP contribution in [0.3, 0.4) is 0 Å². The number of halogens is 1. The van der Waals surface area contributed by atoms with Crippen molar-refractivity contribution < 1.29 is 4.79 Å². The van der Waals surface area contributed by atoms with Gasteiger partial charge in [0.05, 0.1) is 4.75 Å². The molecule has 0 saturated heterocycles. The summed E-state index contributed by atoms with van der Waals surface area (Å²) in [6.45, 7) is 8.92. The van der Waals surface area contributed by atoms with Gasteiger partial charge in [-0.05, 0) is 65.2 Å². The van der Waals surface area contributed by atoms with E-state index in [-0.39, 0.29) is 22.0 Å². The molecule has 3 rings (SSSR count). The highest BCUT2D eigenvalue weighted by Crippen LogP contribution is 2.63. The minimum atomic E-state index is -0.330. The first kappa shape index (κ1) is 16.6. The predicted molar refractivity (Wildman–Crippen MR) is 103 cm³/mol. The molecule has 0 spiro atoms. The van der Waals surface area contributed by atoms with Crippen LogP contribution in [0.2, 0.25) is 0 Å². The van der Waals surface area contributed by atoms with Gasteiger partial charge in [0.15, 0.2) is 5.78 Å². The van der Waals surface area contributed by atoms with Crippen molar-refractivity contribution in [3.05, 3.63) is 45.6 Å². The van der Waals surface area contributed by atoms with Crippen LogP contribution in [-0.4, -0.2) is 16.8 Å². The lowest BCUT2D eigenvalue weighted by molar-refractivity contribution is -0.123. The van der Waals surface area contributed by atoms with Crippen LogP contribution >= 0.6 is 34.4 Å². The fourth-order valence-electron chi connectivity index (χ4n) is 4.81. The van der Waals surface area contributed by atoms with E-state index < -0.39 is 0 Å². The molecule has 1 aromatic rings. The summed E-state index contributed by atoms with van der Waals surface area (Å²) in [5, 5.41) is 0. The zero-order valence-electron chi connectivity index (χ0n) is 13.5. The first-order valence-electron chi connectivity index (χ1n) is 7.85. The number of fused-ring (bicyclic) bond motifs is 2. The number of benzene rings is 1. The van der Waals surface area contributed by atoms with Gasteiger partial charge >= 0.3 is 0 Å². The zero-order chi connectivity index (χ0) is 16.1. The second kappa shape index (κ2) is 5.66. The smallest absolute Gasteiger partial charge is 0.153 e. The van der Waals surface area contributed by atoms with Crippen LogP contribution < -0.4 is 0 Å². The number of carbonyl (C=O) groups excluding carboxylic acids is 1. The van der Waals surface area contributed by atoms with E-state index in [1.807, 2.05) is 0 Å². The summed E-state index contributed by atoms with van der Waals surface area (Å²) in [5.41, 5.74) is 2.62. The molecule has 3 atom stereocenters. The summed E-state index contributed by atoms with van der Waals surface area (Å²) in [5.74, 6) is 0.947. The molecule has 0 heterocycles. The third kappa shape index (κ3) is 2.22. The van der Waals surface area contributed by atoms with E-state index in [0.717, 1.165) is 19.3 Å². The number of Topliss-reactive ketones (excluding diaryl/α,β-unsaturated/α-hetero) is 1. The molecular formula is C19H23IOS. The van der Waals surface area contributed by atoms with E-state index in [1.165, 1.54) is 14.7 Å². The Labute approximate surface area is 151 Å². The molecule has 2 saturated carbocycles. The van der Waals surface area contributed by atoms with Gasteiger partial charge in [0, 0.05) is 15.4 Å². The van der Waals surface area contributed by atoms with Crippen molar-refractivity contribution in [2.45, 2.75) is 37.9 Å². The average molecular weight is 426 g/mol. The largest absolute Gasteiger partial charge is 0.298 e. The van der Waals surface area contributed by atoms with E-state index in [4.69, 9.17) is 0 Å².